The van der Waals surface area contributed by atoms with E-state index in [0.29, 0.717) is 17.2 Å². The van der Waals surface area contributed by atoms with Crippen molar-refractivity contribution in [1.82, 2.24) is 14.6 Å². The lowest BCUT2D eigenvalue weighted by molar-refractivity contribution is -0.126. The second-order valence-corrected chi connectivity index (χ2v) is 4.92. The number of rotatable bonds is 3. The van der Waals surface area contributed by atoms with E-state index in [9.17, 15) is 4.79 Å². The van der Waals surface area contributed by atoms with Crippen LogP contribution < -0.4 is 5.32 Å². The van der Waals surface area contributed by atoms with E-state index in [0.717, 1.165) is 12.8 Å². The van der Waals surface area contributed by atoms with Crippen LogP contribution >= 0.6 is 0 Å². The second kappa shape index (κ2) is 5.18. The molecule has 1 aliphatic rings. The molecule has 7 nitrogen and oxygen atoms in total. The number of nitrogens with one attached hydrogen (secondary N) is 1. The minimum absolute atomic E-state index is 0.132. The predicted octanol–water partition coefficient (Wildman–Crippen LogP) is 0.728. The smallest absolute Gasteiger partial charge is 0.253 e. The largest absolute Gasteiger partial charge is 0.388 e. The summed E-state index contributed by atoms with van der Waals surface area (Å²) in [6, 6.07) is 3.49. The zero-order valence-corrected chi connectivity index (χ0v) is 11.1. The Bertz CT molecular complexity index is 640. The summed E-state index contributed by atoms with van der Waals surface area (Å²) in [5.41, 5.74) is 1.25. The zero-order valence-electron chi connectivity index (χ0n) is 11.1. The van der Waals surface area contributed by atoms with Gasteiger partial charge in [-0.3, -0.25) is 9.20 Å². The molecule has 2 aromatic rings. The number of carbonyl (C=O) groups excluding carboxylic acids is 1. The number of amides is 1. The first kappa shape index (κ1) is 13.0. The van der Waals surface area contributed by atoms with Crippen LogP contribution in [0.25, 0.3) is 5.65 Å². The first-order valence-electron chi connectivity index (χ1n) is 6.58. The fraction of sp³-hybridized carbons (Fsp3) is 0.462. The molecule has 20 heavy (non-hydrogen) atoms. The normalized spacial score (nSPS) is 22.3. The first-order valence-corrected chi connectivity index (χ1v) is 6.58. The summed E-state index contributed by atoms with van der Waals surface area (Å²) >= 11 is 0. The lowest BCUT2D eigenvalue weighted by atomic mass is 10.2. The summed E-state index contributed by atoms with van der Waals surface area (Å²) in [5.74, 6) is 0.286. The summed E-state index contributed by atoms with van der Waals surface area (Å²) in [5, 5.41) is 19.7. The van der Waals surface area contributed by atoms with E-state index in [2.05, 4.69) is 15.5 Å². The minimum atomic E-state index is -0.390. The Kier molecular flexibility index (Phi) is 3.37. The van der Waals surface area contributed by atoms with E-state index in [1.54, 1.807) is 22.7 Å². The van der Waals surface area contributed by atoms with Crippen molar-refractivity contribution in [3.63, 3.8) is 0 Å². The average molecular weight is 276 g/mol. The van der Waals surface area contributed by atoms with Gasteiger partial charge in [-0.15, -0.1) is 10.2 Å². The Labute approximate surface area is 115 Å². The van der Waals surface area contributed by atoms with Crippen molar-refractivity contribution in [2.24, 2.45) is 0 Å². The molecule has 1 saturated heterocycles. The van der Waals surface area contributed by atoms with Crippen molar-refractivity contribution >= 4 is 17.2 Å². The van der Waals surface area contributed by atoms with Gasteiger partial charge >= 0.3 is 0 Å². The van der Waals surface area contributed by atoms with Crippen LogP contribution in [0.1, 0.15) is 25.6 Å². The summed E-state index contributed by atoms with van der Waals surface area (Å²) in [6.45, 7) is 1.76. The molecule has 7 heteroatoms. The summed E-state index contributed by atoms with van der Waals surface area (Å²) in [4.78, 5) is 12.1. The monoisotopic (exact) mass is 276 g/mol. The molecule has 1 fully saturated rings. The van der Waals surface area contributed by atoms with Crippen molar-refractivity contribution < 1.29 is 14.6 Å². The summed E-state index contributed by atoms with van der Waals surface area (Å²) in [7, 11) is 0. The van der Waals surface area contributed by atoms with Crippen LogP contribution in [0.5, 0.6) is 0 Å². The van der Waals surface area contributed by atoms with Gasteiger partial charge in [0.1, 0.15) is 12.7 Å². The van der Waals surface area contributed by atoms with Gasteiger partial charge in [0, 0.05) is 6.20 Å². The molecule has 0 aromatic carbocycles. The zero-order chi connectivity index (χ0) is 14.1. The standard InChI is InChI=1S/C13H16N4O3/c1-8-2-4-10(20-8)13(19)14-9-3-5-11-15-16-12(7-18)17(11)6-9/h3,5-6,8,10,18H,2,4,7H2,1H3,(H,14,19). The van der Waals surface area contributed by atoms with Crippen LogP contribution in [0, 0.1) is 0 Å². The third-order valence-electron chi connectivity index (χ3n) is 3.41. The Morgan fingerprint density at radius 1 is 1.50 bits per heavy atom. The molecule has 0 bridgehead atoms. The predicted molar refractivity (Wildman–Crippen MR) is 71.1 cm³/mol. The number of pyridine rings is 1. The highest BCUT2D eigenvalue weighted by molar-refractivity contribution is 5.94. The number of fused-ring (bicyclic) bond motifs is 1. The Morgan fingerprint density at radius 3 is 3.05 bits per heavy atom. The molecule has 2 aromatic heterocycles. The van der Waals surface area contributed by atoms with Gasteiger partial charge < -0.3 is 15.2 Å². The number of anilines is 1. The van der Waals surface area contributed by atoms with Gasteiger partial charge in [0.25, 0.3) is 5.91 Å². The van der Waals surface area contributed by atoms with E-state index >= 15 is 0 Å². The molecule has 0 spiro atoms. The molecule has 3 rings (SSSR count). The summed E-state index contributed by atoms with van der Waals surface area (Å²) < 4.78 is 7.18. The van der Waals surface area contributed by atoms with Crippen molar-refractivity contribution in [2.45, 2.75) is 38.6 Å². The Hall–Kier alpha value is -1.99. The number of hydrogen-bond acceptors (Lipinski definition) is 5. The van der Waals surface area contributed by atoms with E-state index in [-0.39, 0.29) is 24.7 Å². The highest BCUT2D eigenvalue weighted by atomic mass is 16.5. The van der Waals surface area contributed by atoms with Crippen LogP contribution in [0.3, 0.4) is 0 Å². The molecule has 0 aliphatic carbocycles. The molecule has 106 valence electrons. The maximum atomic E-state index is 12.1. The number of aliphatic hydroxyl groups is 1. The topological polar surface area (TPSA) is 88.8 Å². The number of ether oxygens (including phenoxy) is 1. The Morgan fingerprint density at radius 2 is 2.35 bits per heavy atom. The van der Waals surface area contributed by atoms with Gasteiger partial charge in [0.15, 0.2) is 11.5 Å². The van der Waals surface area contributed by atoms with Crippen molar-refractivity contribution in [3.05, 3.63) is 24.2 Å². The van der Waals surface area contributed by atoms with Gasteiger partial charge in [0.2, 0.25) is 0 Å². The maximum absolute atomic E-state index is 12.1. The molecule has 2 N–H and O–H groups in total. The molecular formula is C13H16N4O3. The van der Waals surface area contributed by atoms with Gasteiger partial charge in [-0.2, -0.15) is 0 Å². The third-order valence-corrected chi connectivity index (χ3v) is 3.41. The third kappa shape index (κ3) is 2.37. The Balaban J connectivity index is 1.78. The van der Waals surface area contributed by atoms with Gasteiger partial charge in [0.05, 0.1) is 11.8 Å². The van der Waals surface area contributed by atoms with Gasteiger partial charge in [-0.05, 0) is 31.9 Å². The average Bonchev–Trinajstić information content (AvgIpc) is 3.04. The van der Waals surface area contributed by atoms with E-state index in [4.69, 9.17) is 9.84 Å². The van der Waals surface area contributed by atoms with Crippen molar-refractivity contribution in [3.8, 4) is 0 Å². The fourth-order valence-electron chi connectivity index (χ4n) is 2.34. The lowest BCUT2D eigenvalue weighted by Crippen LogP contribution is -2.27. The van der Waals surface area contributed by atoms with E-state index in [1.807, 2.05) is 6.92 Å². The molecule has 1 aliphatic heterocycles. The van der Waals surface area contributed by atoms with Crippen LogP contribution in [-0.4, -0.2) is 37.8 Å². The second-order valence-electron chi connectivity index (χ2n) is 4.92. The van der Waals surface area contributed by atoms with Crippen molar-refractivity contribution in [1.29, 1.82) is 0 Å². The molecule has 3 heterocycles. The SMILES string of the molecule is CC1CCC(C(=O)Nc2ccc3nnc(CO)n3c2)O1. The molecular weight excluding hydrogens is 260 g/mol. The number of aromatic nitrogens is 3. The quantitative estimate of drug-likeness (QED) is 0.862. The number of hydrogen-bond donors (Lipinski definition) is 2. The number of aliphatic hydroxyl groups excluding tert-OH is 1. The first-order chi connectivity index (χ1) is 9.67. The number of nitrogens with zero attached hydrogens (tertiary/aromatic N) is 3. The molecule has 2 unspecified atom stereocenters. The lowest BCUT2D eigenvalue weighted by Gasteiger charge is -2.12. The van der Waals surface area contributed by atoms with Crippen LogP contribution in [0.15, 0.2) is 18.3 Å². The van der Waals surface area contributed by atoms with E-state index in [1.165, 1.54) is 0 Å². The highest BCUT2D eigenvalue weighted by Crippen LogP contribution is 2.21. The fourth-order valence-corrected chi connectivity index (χ4v) is 2.34. The van der Waals surface area contributed by atoms with Crippen LogP contribution in [-0.2, 0) is 16.1 Å². The molecule has 2 atom stereocenters. The summed E-state index contributed by atoms with van der Waals surface area (Å²) in [6.07, 6.45) is 3.07. The molecule has 0 radical (unpaired) electrons. The van der Waals surface area contributed by atoms with Gasteiger partial charge in [-0.1, -0.05) is 0 Å². The van der Waals surface area contributed by atoms with Crippen LogP contribution in [0.4, 0.5) is 5.69 Å². The van der Waals surface area contributed by atoms with E-state index < -0.39 is 0 Å². The van der Waals surface area contributed by atoms with Crippen molar-refractivity contribution in [2.75, 3.05) is 5.32 Å². The molecule has 0 saturated carbocycles. The van der Waals surface area contributed by atoms with Crippen LogP contribution in [0.2, 0.25) is 0 Å². The molecule has 1 amide bonds. The van der Waals surface area contributed by atoms with Gasteiger partial charge in [-0.25, -0.2) is 0 Å². The minimum Gasteiger partial charge on any atom is -0.388 e. The maximum Gasteiger partial charge on any atom is 0.253 e. The number of carbonyl (C=O) groups is 1. The highest BCUT2D eigenvalue weighted by Gasteiger charge is 2.28.